The van der Waals surface area contributed by atoms with Crippen molar-refractivity contribution in [3.8, 4) is 5.75 Å². The molecule has 0 saturated heterocycles. The van der Waals surface area contributed by atoms with E-state index < -0.39 is 0 Å². The second-order valence-corrected chi connectivity index (χ2v) is 2.28. The molecule has 1 aromatic heterocycles. The van der Waals surface area contributed by atoms with Gasteiger partial charge in [-0.3, -0.25) is 14.9 Å². The van der Waals surface area contributed by atoms with Gasteiger partial charge in [0.05, 0.1) is 13.3 Å². The fourth-order valence-electron chi connectivity index (χ4n) is 0.823. The van der Waals surface area contributed by atoms with Crippen molar-refractivity contribution < 1.29 is 14.6 Å². The number of carbonyl (C=O) groups is 1. The smallest absolute Gasteiger partial charge is 0.190 e. The lowest BCUT2D eigenvalue weighted by molar-refractivity contribution is 0.104. The van der Waals surface area contributed by atoms with E-state index in [0.29, 0.717) is 17.6 Å². The van der Waals surface area contributed by atoms with Crippen LogP contribution in [0.15, 0.2) is 30.8 Å². The molecule has 0 amide bonds. The van der Waals surface area contributed by atoms with Crippen molar-refractivity contribution in [1.29, 1.82) is 0 Å². The van der Waals surface area contributed by atoms with E-state index in [1.54, 1.807) is 0 Å². The van der Waals surface area contributed by atoms with Crippen LogP contribution in [0.2, 0.25) is 0 Å². The number of carbonyl (C=O) groups excluding carboxylic acids is 1. The third kappa shape index (κ3) is 2.30. The van der Waals surface area contributed by atoms with Crippen molar-refractivity contribution >= 4 is 5.78 Å². The number of allylic oxidation sites excluding steroid dienone is 1. The zero-order valence-electron chi connectivity index (χ0n) is 7.06. The van der Waals surface area contributed by atoms with Crippen LogP contribution in [0.3, 0.4) is 0 Å². The Morgan fingerprint density at radius 1 is 1.54 bits per heavy atom. The van der Waals surface area contributed by atoms with Gasteiger partial charge in [0, 0.05) is 17.8 Å². The maximum atomic E-state index is 11.1. The number of hydrogen-bond donors (Lipinski definition) is 0. The van der Waals surface area contributed by atoms with E-state index >= 15 is 0 Å². The quantitative estimate of drug-likeness (QED) is 0.397. The van der Waals surface area contributed by atoms with E-state index in [4.69, 9.17) is 4.74 Å². The van der Waals surface area contributed by atoms with Gasteiger partial charge in [-0.1, -0.05) is 0 Å². The predicted octanol–water partition coefficient (Wildman–Crippen LogP) is 1.22. The second-order valence-electron chi connectivity index (χ2n) is 2.28. The van der Waals surface area contributed by atoms with Gasteiger partial charge >= 0.3 is 0 Å². The Hall–Kier alpha value is -1.84. The summed E-state index contributed by atoms with van der Waals surface area (Å²) in [6, 6.07) is 1.52. The van der Waals surface area contributed by atoms with Gasteiger partial charge in [-0.05, 0) is 6.07 Å². The van der Waals surface area contributed by atoms with Crippen LogP contribution in [0.4, 0.5) is 0 Å². The fraction of sp³-hybridized carbons (Fsp3) is 0.111. The Kier molecular flexibility index (Phi) is 3.03. The summed E-state index contributed by atoms with van der Waals surface area (Å²) in [6.07, 6.45) is 4.25. The zero-order valence-corrected chi connectivity index (χ0v) is 7.06. The topological polar surface area (TPSA) is 59.1 Å². The van der Waals surface area contributed by atoms with Gasteiger partial charge in [-0.2, -0.15) is 0 Å². The first-order valence-electron chi connectivity index (χ1n) is 3.60. The summed E-state index contributed by atoms with van der Waals surface area (Å²) in [7, 11) is 1.48. The van der Waals surface area contributed by atoms with Crippen molar-refractivity contribution in [3.63, 3.8) is 0 Å². The van der Waals surface area contributed by atoms with Gasteiger partial charge in [-0.15, -0.1) is 0 Å². The summed E-state index contributed by atoms with van der Waals surface area (Å²) in [4.78, 5) is 14.9. The summed E-state index contributed by atoms with van der Waals surface area (Å²) >= 11 is 0. The molecule has 0 unspecified atom stereocenters. The van der Waals surface area contributed by atoms with Gasteiger partial charge in [0.1, 0.15) is 12.0 Å². The molecule has 4 nitrogen and oxygen atoms in total. The van der Waals surface area contributed by atoms with E-state index in [-0.39, 0.29) is 5.78 Å². The molecule has 0 aromatic carbocycles. The molecular formula is C9H8NO3. The minimum Gasteiger partial charge on any atom is -0.495 e. The third-order valence-electron chi connectivity index (χ3n) is 1.45. The van der Waals surface area contributed by atoms with Crippen molar-refractivity contribution in [1.82, 2.24) is 4.98 Å². The number of aromatic nitrogens is 1. The predicted molar refractivity (Wildman–Crippen MR) is 44.9 cm³/mol. The molecule has 1 aromatic rings. The number of ether oxygens (including phenoxy) is 1. The fourth-order valence-corrected chi connectivity index (χ4v) is 0.823. The molecule has 0 aliphatic carbocycles. The van der Waals surface area contributed by atoms with Crippen LogP contribution in [-0.2, 0) is 5.11 Å². The molecule has 0 fully saturated rings. The molecule has 0 spiro atoms. The molecule has 13 heavy (non-hydrogen) atoms. The van der Waals surface area contributed by atoms with Gasteiger partial charge in [0.2, 0.25) is 0 Å². The van der Waals surface area contributed by atoms with Gasteiger partial charge in [0.25, 0.3) is 0 Å². The molecule has 1 heterocycles. The molecule has 0 bridgehead atoms. The molecule has 4 heteroatoms. The van der Waals surface area contributed by atoms with Crippen LogP contribution in [0.25, 0.3) is 0 Å². The SMILES string of the molecule is COc1cncc(C(=O)C=C[O])c1. The first kappa shape index (κ1) is 9.25. The van der Waals surface area contributed by atoms with Crippen molar-refractivity contribution in [2.45, 2.75) is 0 Å². The number of rotatable bonds is 3. The van der Waals surface area contributed by atoms with Crippen molar-refractivity contribution in [2.75, 3.05) is 7.11 Å². The monoisotopic (exact) mass is 178 g/mol. The van der Waals surface area contributed by atoms with Gasteiger partial charge in [0.15, 0.2) is 5.78 Å². The largest absolute Gasteiger partial charge is 0.495 e. The standard InChI is InChI=1S/C9H8NO3/c1-13-8-4-7(5-10-6-8)9(12)2-3-11/h2-6H,1H3. The summed E-state index contributed by atoms with van der Waals surface area (Å²) in [5.41, 5.74) is 0.339. The minimum absolute atomic E-state index is 0.339. The summed E-state index contributed by atoms with van der Waals surface area (Å²) in [5, 5.41) is 10.0. The first-order chi connectivity index (χ1) is 6.27. The van der Waals surface area contributed by atoms with Crippen LogP contribution in [0.1, 0.15) is 10.4 Å². The lowest BCUT2D eigenvalue weighted by Crippen LogP contribution is -1.96. The molecule has 0 aliphatic rings. The van der Waals surface area contributed by atoms with Crippen LogP contribution in [-0.4, -0.2) is 17.9 Å². The van der Waals surface area contributed by atoms with E-state index in [1.165, 1.54) is 25.6 Å². The van der Waals surface area contributed by atoms with Crippen molar-refractivity contribution in [3.05, 3.63) is 36.4 Å². The highest BCUT2D eigenvalue weighted by molar-refractivity contribution is 6.04. The third-order valence-corrected chi connectivity index (χ3v) is 1.45. The van der Waals surface area contributed by atoms with Crippen LogP contribution in [0.5, 0.6) is 5.75 Å². The normalized spacial score (nSPS) is 10.2. The molecule has 0 saturated carbocycles. The molecule has 0 N–H and O–H groups in total. The second kappa shape index (κ2) is 4.25. The highest BCUT2D eigenvalue weighted by Gasteiger charge is 2.03. The average Bonchev–Trinajstić information content (AvgIpc) is 2.18. The maximum Gasteiger partial charge on any atom is 0.190 e. The first-order valence-corrected chi connectivity index (χ1v) is 3.60. The highest BCUT2D eigenvalue weighted by Crippen LogP contribution is 2.10. The van der Waals surface area contributed by atoms with Crippen LogP contribution in [0, 0.1) is 0 Å². The molecule has 1 rings (SSSR count). The Labute approximate surface area is 75.5 Å². The van der Waals surface area contributed by atoms with E-state index in [2.05, 4.69) is 4.98 Å². The molecule has 0 aliphatic heterocycles. The lowest BCUT2D eigenvalue weighted by atomic mass is 10.2. The number of methoxy groups -OCH3 is 1. The van der Waals surface area contributed by atoms with E-state index in [1.807, 2.05) is 0 Å². The molecule has 1 radical (unpaired) electrons. The number of ketones is 1. The summed E-state index contributed by atoms with van der Waals surface area (Å²) in [5.74, 6) is 0.117. The summed E-state index contributed by atoms with van der Waals surface area (Å²) < 4.78 is 4.87. The minimum atomic E-state index is -0.374. The van der Waals surface area contributed by atoms with Gasteiger partial charge < -0.3 is 4.74 Å². The lowest BCUT2D eigenvalue weighted by Gasteiger charge is -1.99. The Bertz CT molecular complexity index is 333. The van der Waals surface area contributed by atoms with Crippen molar-refractivity contribution in [2.24, 2.45) is 0 Å². The Morgan fingerprint density at radius 3 is 2.92 bits per heavy atom. The number of pyridine rings is 1. The van der Waals surface area contributed by atoms with E-state index in [9.17, 15) is 9.90 Å². The maximum absolute atomic E-state index is 11.1. The van der Waals surface area contributed by atoms with E-state index in [0.717, 1.165) is 6.08 Å². The van der Waals surface area contributed by atoms with Gasteiger partial charge in [-0.25, -0.2) is 0 Å². The zero-order chi connectivity index (χ0) is 9.68. The Balaban J connectivity index is 2.94. The summed E-state index contributed by atoms with van der Waals surface area (Å²) in [6.45, 7) is 0. The average molecular weight is 178 g/mol. The highest BCUT2D eigenvalue weighted by atomic mass is 16.5. The molecule has 67 valence electrons. The number of nitrogens with zero attached hydrogens (tertiary/aromatic N) is 1. The van der Waals surface area contributed by atoms with Crippen LogP contribution >= 0.6 is 0 Å². The molecular weight excluding hydrogens is 170 g/mol. The molecule has 0 atom stereocenters. The van der Waals surface area contributed by atoms with Crippen LogP contribution < -0.4 is 4.74 Å². The Morgan fingerprint density at radius 2 is 2.31 bits per heavy atom. The number of hydrogen-bond acceptors (Lipinski definition) is 3.